The van der Waals surface area contributed by atoms with Gasteiger partial charge in [-0.1, -0.05) is 20.8 Å². The average Bonchev–Trinajstić information content (AvgIpc) is 2.80. The van der Waals surface area contributed by atoms with Crippen LogP contribution in [0.4, 0.5) is 0 Å². The van der Waals surface area contributed by atoms with Gasteiger partial charge in [0.25, 0.3) is 0 Å². The maximum absolute atomic E-state index is 11.5. The summed E-state index contributed by atoms with van der Waals surface area (Å²) in [7, 11) is 0. The first-order valence-electron chi connectivity index (χ1n) is 8.61. The lowest BCUT2D eigenvalue weighted by molar-refractivity contribution is -0.150. The fourth-order valence-corrected chi connectivity index (χ4v) is 4.92. The van der Waals surface area contributed by atoms with Crippen LogP contribution in [0, 0.1) is 23.2 Å². The number of piperidine rings is 1. The Labute approximate surface area is 128 Å². The predicted molar refractivity (Wildman–Crippen MR) is 83.2 cm³/mol. The molecule has 2 heterocycles. The second kappa shape index (κ2) is 5.54. The van der Waals surface area contributed by atoms with E-state index in [0.29, 0.717) is 18.0 Å². The van der Waals surface area contributed by atoms with Gasteiger partial charge in [0.2, 0.25) is 0 Å². The van der Waals surface area contributed by atoms with Crippen molar-refractivity contribution in [1.82, 2.24) is 10.2 Å². The van der Waals surface area contributed by atoms with Crippen LogP contribution in [0.3, 0.4) is 0 Å². The zero-order valence-electron chi connectivity index (χ0n) is 13.6. The molecule has 0 radical (unpaired) electrons. The Morgan fingerprint density at radius 2 is 1.86 bits per heavy atom. The van der Waals surface area contributed by atoms with E-state index < -0.39 is 5.97 Å². The van der Waals surface area contributed by atoms with Gasteiger partial charge in [0.05, 0.1) is 5.92 Å². The Bertz CT molecular complexity index is 410. The summed E-state index contributed by atoms with van der Waals surface area (Å²) in [5.74, 6) is 0.409. The summed E-state index contributed by atoms with van der Waals surface area (Å²) in [6, 6.07) is 1.13. The Hall–Kier alpha value is -0.610. The number of hydrogen-bond acceptors (Lipinski definition) is 3. The largest absolute Gasteiger partial charge is 0.481 e. The van der Waals surface area contributed by atoms with Crippen LogP contribution in [-0.2, 0) is 4.79 Å². The van der Waals surface area contributed by atoms with Crippen molar-refractivity contribution < 1.29 is 9.90 Å². The lowest BCUT2D eigenvalue weighted by Gasteiger charge is -2.48. The predicted octanol–water partition coefficient (Wildman–Crippen LogP) is 2.20. The lowest BCUT2D eigenvalue weighted by Crippen LogP contribution is -2.56. The van der Waals surface area contributed by atoms with Crippen LogP contribution in [0.2, 0.25) is 0 Å². The Morgan fingerprint density at radius 3 is 2.57 bits per heavy atom. The summed E-state index contributed by atoms with van der Waals surface area (Å²) >= 11 is 0. The standard InChI is InChI=1S/C17H30N2O2/c1-11-14(5-4-13(16(20)21)17(11,2)3)18-15-7-9-19-8-6-12(15)10-19/h11-15,18H,4-10H2,1-3H3,(H,20,21). The Kier molecular flexibility index (Phi) is 4.04. The van der Waals surface area contributed by atoms with Gasteiger partial charge < -0.3 is 15.3 Å². The molecule has 2 N–H and O–H groups in total. The van der Waals surface area contributed by atoms with Crippen LogP contribution in [0.1, 0.15) is 46.5 Å². The van der Waals surface area contributed by atoms with Gasteiger partial charge in [0, 0.05) is 18.6 Å². The van der Waals surface area contributed by atoms with E-state index in [9.17, 15) is 9.90 Å². The van der Waals surface area contributed by atoms with E-state index in [-0.39, 0.29) is 11.3 Å². The molecule has 2 bridgehead atoms. The minimum atomic E-state index is -0.616. The zero-order valence-corrected chi connectivity index (χ0v) is 13.6. The third-order valence-electron chi connectivity index (χ3n) is 6.80. The number of rotatable bonds is 3. The van der Waals surface area contributed by atoms with Gasteiger partial charge in [-0.2, -0.15) is 0 Å². The van der Waals surface area contributed by atoms with Crippen LogP contribution in [0.15, 0.2) is 0 Å². The van der Waals surface area contributed by atoms with E-state index in [1.54, 1.807) is 0 Å². The summed E-state index contributed by atoms with van der Waals surface area (Å²) in [5, 5.41) is 13.4. The number of carbonyl (C=O) groups is 1. The molecule has 0 aromatic carbocycles. The third kappa shape index (κ3) is 2.72. The molecule has 6 atom stereocenters. The van der Waals surface area contributed by atoms with Crippen molar-refractivity contribution in [2.24, 2.45) is 23.2 Å². The molecule has 0 aromatic heterocycles. The molecule has 3 aliphatic rings. The van der Waals surface area contributed by atoms with Crippen LogP contribution in [0.5, 0.6) is 0 Å². The monoisotopic (exact) mass is 294 g/mol. The van der Waals surface area contributed by atoms with Gasteiger partial charge in [-0.15, -0.1) is 0 Å². The summed E-state index contributed by atoms with van der Waals surface area (Å²) in [4.78, 5) is 14.1. The maximum atomic E-state index is 11.5. The molecule has 2 aliphatic heterocycles. The molecule has 0 spiro atoms. The minimum Gasteiger partial charge on any atom is -0.481 e. The molecule has 4 nitrogen and oxygen atoms in total. The SMILES string of the molecule is CC1C(NC2CCN3CCC2C3)CCC(C(=O)O)C1(C)C. The van der Waals surface area contributed by atoms with Crippen molar-refractivity contribution in [1.29, 1.82) is 0 Å². The highest BCUT2D eigenvalue weighted by Gasteiger charge is 2.47. The smallest absolute Gasteiger partial charge is 0.307 e. The molecule has 6 unspecified atom stereocenters. The highest BCUT2D eigenvalue weighted by Crippen LogP contribution is 2.45. The van der Waals surface area contributed by atoms with Gasteiger partial charge in [-0.25, -0.2) is 0 Å². The Morgan fingerprint density at radius 1 is 1.14 bits per heavy atom. The number of nitrogens with zero attached hydrogens (tertiary/aromatic N) is 1. The summed E-state index contributed by atoms with van der Waals surface area (Å²) in [6.45, 7) is 10.3. The van der Waals surface area contributed by atoms with E-state index in [1.165, 1.54) is 32.5 Å². The second-order valence-electron chi connectivity index (χ2n) is 8.10. The van der Waals surface area contributed by atoms with Crippen molar-refractivity contribution in [3.8, 4) is 0 Å². The van der Waals surface area contributed by atoms with Gasteiger partial charge in [0.15, 0.2) is 0 Å². The number of carboxylic acids is 1. The van der Waals surface area contributed by atoms with Gasteiger partial charge in [-0.3, -0.25) is 4.79 Å². The number of nitrogens with one attached hydrogen (secondary N) is 1. The topological polar surface area (TPSA) is 52.6 Å². The molecule has 4 heteroatoms. The highest BCUT2D eigenvalue weighted by molar-refractivity contribution is 5.71. The first-order chi connectivity index (χ1) is 9.89. The first-order valence-corrected chi connectivity index (χ1v) is 8.61. The van der Waals surface area contributed by atoms with Crippen LogP contribution in [0.25, 0.3) is 0 Å². The molecule has 1 aliphatic carbocycles. The molecule has 2 saturated heterocycles. The highest BCUT2D eigenvalue weighted by atomic mass is 16.4. The summed E-state index contributed by atoms with van der Waals surface area (Å²) < 4.78 is 0. The van der Waals surface area contributed by atoms with Gasteiger partial charge >= 0.3 is 5.97 Å². The fourth-order valence-electron chi connectivity index (χ4n) is 4.92. The molecule has 0 amide bonds. The van der Waals surface area contributed by atoms with Gasteiger partial charge in [-0.05, 0) is 56.0 Å². The summed E-state index contributed by atoms with van der Waals surface area (Å²) in [6.07, 6.45) is 4.42. The lowest BCUT2D eigenvalue weighted by atomic mass is 9.61. The third-order valence-corrected chi connectivity index (χ3v) is 6.80. The number of carboxylic acid groups (broad SMARTS) is 1. The molecule has 21 heavy (non-hydrogen) atoms. The molecular formula is C17H30N2O2. The van der Waals surface area contributed by atoms with Crippen molar-refractivity contribution >= 4 is 5.97 Å². The summed E-state index contributed by atoms with van der Waals surface area (Å²) in [5.41, 5.74) is -0.127. The van der Waals surface area contributed by atoms with Crippen molar-refractivity contribution in [3.63, 3.8) is 0 Å². The molecule has 1 saturated carbocycles. The van der Waals surface area contributed by atoms with Crippen LogP contribution < -0.4 is 5.32 Å². The minimum absolute atomic E-state index is 0.127. The molecule has 0 aromatic rings. The van der Waals surface area contributed by atoms with Crippen LogP contribution in [-0.4, -0.2) is 47.7 Å². The number of hydrogen-bond donors (Lipinski definition) is 2. The van der Waals surface area contributed by atoms with Crippen molar-refractivity contribution in [2.75, 3.05) is 19.6 Å². The van der Waals surface area contributed by atoms with E-state index in [0.717, 1.165) is 18.8 Å². The average molecular weight is 294 g/mol. The Balaban J connectivity index is 1.65. The fraction of sp³-hybridized carbons (Fsp3) is 0.941. The van der Waals surface area contributed by atoms with E-state index in [1.807, 2.05) is 0 Å². The van der Waals surface area contributed by atoms with Crippen LogP contribution >= 0.6 is 0 Å². The molecular weight excluding hydrogens is 264 g/mol. The maximum Gasteiger partial charge on any atom is 0.307 e. The quantitative estimate of drug-likeness (QED) is 0.838. The number of aliphatic carboxylic acids is 1. The number of fused-ring (bicyclic) bond motifs is 2. The van der Waals surface area contributed by atoms with Crippen molar-refractivity contribution in [3.05, 3.63) is 0 Å². The molecule has 3 rings (SSSR count). The molecule has 120 valence electrons. The molecule has 3 fully saturated rings. The van der Waals surface area contributed by atoms with Crippen molar-refractivity contribution in [2.45, 2.75) is 58.5 Å². The van der Waals surface area contributed by atoms with E-state index in [4.69, 9.17) is 0 Å². The second-order valence-corrected chi connectivity index (χ2v) is 8.10. The first kappa shape index (κ1) is 15.3. The van der Waals surface area contributed by atoms with Gasteiger partial charge in [0.1, 0.15) is 0 Å². The zero-order chi connectivity index (χ0) is 15.2. The normalized spacial score (nSPS) is 45.5. The van der Waals surface area contributed by atoms with E-state index in [2.05, 4.69) is 31.0 Å². The van der Waals surface area contributed by atoms with E-state index >= 15 is 0 Å².